The summed E-state index contributed by atoms with van der Waals surface area (Å²) in [4.78, 5) is 14.9. The number of benzene rings is 1. The van der Waals surface area contributed by atoms with Crippen LogP contribution in [0.15, 0.2) is 22.7 Å². The molecule has 0 aliphatic rings. The lowest BCUT2D eigenvalue weighted by Gasteiger charge is -2.05. The van der Waals surface area contributed by atoms with Gasteiger partial charge in [0.1, 0.15) is 11.6 Å². The van der Waals surface area contributed by atoms with Gasteiger partial charge >= 0.3 is 0 Å². The number of halogens is 1. The molecular weight excluding hydrogens is 251 g/mol. The molecule has 0 saturated carbocycles. The Labute approximate surface area is 109 Å². The second-order valence-corrected chi connectivity index (χ2v) is 4.29. The summed E-state index contributed by atoms with van der Waals surface area (Å²) in [6.45, 7) is 3.92. The van der Waals surface area contributed by atoms with Crippen molar-refractivity contribution < 1.29 is 18.4 Å². The monoisotopic (exact) mass is 264 g/mol. The largest absolute Gasteiger partial charge is 0.483 e. The Bertz CT molecular complexity index is 581. The van der Waals surface area contributed by atoms with Crippen LogP contribution < -0.4 is 4.74 Å². The molecule has 0 N–H and O–H groups in total. The molecule has 2 rings (SSSR count). The Balaban J connectivity index is 2.07. The Morgan fingerprint density at radius 3 is 2.89 bits per heavy atom. The number of carbonyl (C=O) groups is 1. The van der Waals surface area contributed by atoms with E-state index in [4.69, 9.17) is 9.26 Å². The maximum atomic E-state index is 12.9. The molecule has 1 aromatic carbocycles. The number of hydrogen-bond acceptors (Lipinski definition) is 5. The van der Waals surface area contributed by atoms with E-state index in [0.29, 0.717) is 18.0 Å². The van der Waals surface area contributed by atoms with Gasteiger partial charge in [-0.3, -0.25) is 4.79 Å². The normalized spacial score (nSPS) is 10.7. The van der Waals surface area contributed by atoms with Crippen LogP contribution >= 0.6 is 0 Å². The van der Waals surface area contributed by atoms with E-state index in [0.717, 1.165) is 6.07 Å². The Morgan fingerprint density at radius 1 is 1.47 bits per heavy atom. The molecule has 100 valence electrons. The van der Waals surface area contributed by atoms with Crippen LogP contribution in [0.3, 0.4) is 0 Å². The lowest BCUT2D eigenvalue weighted by atomic mass is 10.2. The summed E-state index contributed by atoms with van der Waals surface area (Å²) in [7, 11) is 0. The molecule has 0 radical (unpaired) electrons. The van der Waals surface area contributed by atoms with Gasteiger partial charge in [0.2, 0.25) is 0 Å². The van der Waals surface area contributed by atoms with Gasteiger partial charge in [-0.1, -0.05) is 19.0 Å². The molecule has 1 heterocycles. The molecule has 1 aromatic heterocycles. The summed E-state index contributed by atoms with van der Waals surface area (Å²) in [6.07, 6.45) is 0.534. The third-order valence-electron chi connectivity index (χ3n) is 2.45. The molecule has 0 spiro atoms. The first-order chi connectivity index (χ1) is 9.10. The molecule has 0 aliphatic heterocycles. The van der Waals surface area contributed by atoms with Crippen LogP contribution in [0.4, 0.5) is 4.39 Å². The van der Waals surface area contributed by atoms with Crippen LogP contribution in [0.2, 0.25) is 0 Å². The predicted molar refractivity (Wildman–Crippen MR) is 64.5 cm³/mol. The average molecular weight is 264 g/mol. The fraction of sp³-hybridized carbons (Fsp3) is 0.308. The number of ether oxygens (including phenoxy) is 1. The molecule has 2 aromatic rings. The molecule has 0 fully saturated rings. The second-order valence-electron chi connectivity index (χ2n) is 4.29. The van der Waals surface area contributed by atoms with Crippen molar-refractivity contribution in [3.63, 3.8) is 0 Å². The lowest BCUT2D eigenvalue weighted by molar-refractivity contribution is 0.111. The number of aldehydes is 1. The lowest BCUT2D eigenvalue weighted by Crippen LogP contribution is -1.99. The molecule has 0 amide bonds. The van der Waals surface area contributed by atoms with Gasteiger partial charge in [0.25, 0.3) is 5.89 Å². The third-order valence-corrected chi connectivity index (χ3v) is 2.45. The van der Waals surface area contributed by atoms with Gasteiger partial charge in [0.15, 0.2) is 18.7 Å². The zero-order valence-electron chi connectivity index (χ0n) is 10.6. The van der Waals surface area contributed by atoms with Crippen LogP contribution in [-0.4, -0.2) is 16.4 Å². The SMILES string of the molecule is CC(C)c1noc(COc2ccc(F)cc2C=O)n1. The number of hydrogen-bond donors (Lipinski definition) is 0. The van der Waals surface area contributed by atoms with Crippen LogP contribution in [0.5, 0.6) is 5.75 Å². The predicted octanol–water partition coefficient (Wildman–Crippen LogP) is 2.72. The molecule has 5 nitrogen and oxygen atoms in total. The maximum absolute atomic E-state index is 12.9. The minimum Gasteiger partial charge on any atom is -0.483 e. The number of nitrogens with zero attached hydrogens (tertiary/aromatic N) is 2. The molecule has 6 heteroatoms. The van der Waals surface area contributed by atoms with Crippen molar-refractivity contribution in [1.29, 1.82) is 0 Å². The molecular formula is C13H13FN2O3. The van der Waals surface area contributed by atoms with Crippen molar-refractivity contribution in [2.75, 3.05) is 0 Å². The van der Waals surface area contributed by atoms with Gasteiger partial charge in [0.05, 0.1) is 5.56 Å². The first kappa shape index (κ1) is 13.2. The zero-order chi connectivity index (χ0) is 13.8. The van der Waals surface area contributed by atoms with E-state index in [-0.39, 0.29) is 23.8 Å². The van der Waals surface area contributed by atoms with Crippen molar-refractivity contribution in [2.24, 2.45) is 0 Å². The highest BCUT2D eigenvalue weighted by atomic mass is 19.1. The van der Waals surface area contributed by atoms with E-state index in [9.17, 15) is 9.18 Å². The van der Waals surface area contributed by atoms with E-state index in [1.807, 2.05) is 13.8 Å². The second kappa shape index (κ2) is 5.60. The zero-order valence-corrected chi connectivity index (χ0v) is 10.6. The van der Waals surface area contributed by atoms with Gasteiger partial charge in [-0.2, -0.15) is 4.98 Å². The van der Waals surface area contributed by atoms with E-state index < -0.39 is 5.82 Å². The fourth-order valence-corrected chi connectivity index (χ4v) is 1.44. The van der Waals surface area contributed by atoms with Gasteiger partial charge < -0.3 is 9.26 Å². The first-order valence-electron chi connectivity index (χ1n) is 5.80. The maximum Gasteiger partial charge on any atom is 0.264 e. The smallest absolute Gasteiger partial charge is 0.264 e. The van der Waals surface area contributed by atoms with Crippen molar-refractivity contribution >= 4 is 6.29 Å². The van der Waals surface area contributed by atoms with E-state index >= 15 is 0 Å². The van der Waals surface area contributed by atoms with Crippen LogP contribution in [0, 0.1) is 5.82 Å². The highest BCUT2D eigenvalue weighted by molar-refractivity contribution is 5.79. The molecule has 0 bridgehead atoms. The van der Waals surface area contributed by atoms with Gasteiger partial charge in [0, 0.05) is 5.92 Å². The summed E-state index contributed by atoms with van der Waals surface area (Å²) in [6, 6.07) is 3.71. The van der Waals surface area contributed by atoms with E-state index in [1.165, 1.54) is 12.1 Å². The summed E-state index contributed by atoms with van der Waals surface area (Å²) >= 11 is 0. The molecule has 19 heavy (non-hydrogen) atoms. The highest BCUT2D eigenvalue weighted by Gasteiger charge is 2.11. The summed E-state index contributed by atoms with van der Waals surface area (Å²) in [5, 5.41) is 3.79. The minimum atomic E-state index is -0.491. The van der Waals surface area contributed by atoms with Gasteiger partial charge in [-0.05, 0) is 18.2 Å². The van der Waals surface area contributed by atoms with Crippen molar-refractivity contribution in [3.8, 4) is 5.75 Å². The Hall–Kier alpha value is -2.24. The summed E-state index contributed by atoms with van der Waals surface area (Å²) < 4.78 is 23.3. The third kappa shape index (κ3) is 3.15. The van der Waals surface area contributed by atoms with Crippen LogP contribution in [-0.2, 0) is 6.61 Å². The Kier molecular flexibility index (Phi) is 3.89. The molecule has 0 atom stereocenters. The van der Waals surface area contributed by atoms with Crippen molar-refractivity contribution in [3.05, 3.63) is 41.3 Å². The number of carbonyl (C=O) groups excluding carboxylic acids is 1. The molecule has 0 aliphatic carbocycles. The first-order valence-corrected chi connectivity index (χ1v) is 5.80. The minimum absolute atomic E-state index is 0.0339. The topological polar surface area (TPSA) is 65.2 Å². The van der Waals surface area contributed by atoms with Gasteiger partial charge in [-0.15, -0.1) is 0 Å². The average Bonchev–Trinajstić information content (AvgIpc) is 2.86. The fourth-order valence-electron chi connectivity index (χ4n) is 1.44. The molecule has 0 saturated heterocycles. The van der Waals surface area contributed by atoms with E-state index in [1.54, 1.807) is 0 Å². The van der Waals surface area contributed by atoms with Crippen LogP contribution in [0.1, 0.15) is 41.8 Å². The quantitative estimate of drug-likeness (QED) is 0.777. The summed E-state index contributed by atoms with van der Waals surface area (Å²) in [5.41, 5.74) is 0.142. The number of rotatable bonds is 5. The van der Waals surface area contributed by atoms with Crippen LogP contribution in [0.25, 0.3) is 0 Å². The van der Waals surface area contributed by atoms with Crippen molar-refractivity contribution in [1.82, 2.24) is 10.1 Å². The summed E-state index contributed by atoms with van der Waals surface area (Å²) in [5.74, 6) is 0.849. The molecule has 0 unspecified atom stereocenters. The standard InChI is InChI=1S/C13H13FN2O3/c1-8(2)13-15-12(19-16-13)7-18-11-4-3-10(14)5-9(11)6-17/h3-6,8H,7H2,1-2H3. The number of aromatic nitrogens is 2. The van der Waals surface area contributed by atoms with Gasteiger partial charge in [-0.25, -0.2) is 4.39 Å². The van der Waals surface area contributed by atoms with Crippen molar-refractivity contribution in [2.45, 2.75) is 26.4 Å². The van der Waals surface area contributed by atoms with E-state index in [2.05, 4.69) is 10.1 Å². The Morgan fingerprint density at radius 2 is 2.26 bits per heavy atom. The highest BCUT2D eigenvalue weighted by Crippen LogP contribution is 2.19.